The summed E-state index contributed by atoms with van der Waals surface area (Å²) < 4.78 is 1.14. The van der Waals surface area contributed by atoms with Gasteiger partial charge in [-0.25, -0.2) is 0 Å². The Kier molecular flexibility index (Phi) is 3.76. The zero-order valence-electron chi connectivity index (χ0n) is 9.32. The number of benzene rings is 2. The summed E-state index contributed by atoms with van der Waals surface area (Å²) >= 11 is 8.37. The molecule has 0 spiro atoms. The molecule has 0 fully saturated rings. The Morgan fingerprint density at radius 2 is 1.65 bits per heavy atom. The average molecular weight is 359 g/mol. The highest BCUT2D eigenvalue weighted by Gasteiger charge is 2.27. The van der Waals surface area contributed by atoms with Gasteiger partial charge in [-0.15, -0.1) is 0 Å². The lowest BCUT2D eigenvalue weighted by Gasteiger charge is -2.25. The maximum absolute atomic E-state index is 10.6. The maximum atomic E-state index is 10.6. The number of hydrogen-bond donors (Lipinski definition) is 1. The fourth-order valence-electron chi connectivity index (χ4n) is 1.79. The van der Waals surface area contributed by atoms with Crippen LogP contribution in [-0.4, -0.2) is 5.11 Å². The molecule has 0 radical (unpaired) electrons. The SMILES string of the molecule is CC(O)(c1ccc(I)cc1)c1ccccc1Cl. The van der Waals surface area contributed by atoms with Gasteiger partial charge in [0, 0.05) is 14.2 Å². The third kappa shape index (κ3) is 2.64. The second-order valence-corrected chi connectivity index (χ2v) is 5.71. The number of aliphatic hydroxyl groups is 1. The van der Waals surface area contributed by atoms with E-state index >= 15 is 0 Å². The molecule has 17 heavy (non-hydrogen) atoms. The predicted octanol–water partition coefficient (Wildman–Crippen LogP) is 4.20. The Morgan fingerprint density at radius 1 is 1.06 bits per heavy atom. The number of hydrogen-bond acceptors (Lipinski definition) is 1. The van der Waals surface area contributed by atoms with Crippen LogP contribution in [0, 0.1) is 3.57 Å². The van der Waals surface area contributed by atoms with Gasteiger partial charge in [0.2, 0.25) is 0 Å². The van der Waals surface area contributed by atoms with Crippen LogP contribution >= 0.6 is 34.2 Å². The third-order valence-electron chi connectivity index (χ3n) is 2.80. The predicted molar refractivity (Wildman–Crippen MR) is 79.3 cm³/mol. The van der Waals surface area contributed by atoms with Crippen LogP contribution in [0.4, 0.5) is 0 Å². The van der Waals surface area contributed by atoms with E-state index in [0.29, 0.717) is 5.02 Å². The fourth-order valence-corrected chi connectivity index (χ4v) is 2.47. The molecule has 0 aliphatic carbocycles. The molecular formula is C14H12ClIO. The minimum atomic E-state index is -1.07. The molecule has 1 nitrogen and oxygen atoms in total. The van der Waals surface area contributed by atoms with Gasteiger partial charge in [0.05, 0.1) is 0 Å². The zero-order chi connectivity index (χ0) is 12.5. The van der Waals surface area contributed by atoms with Crippen LogP contribution in [0.2, 0.25) is 5.02 Å². The first-order chi connectivity index (χ1) is 8.01. The van der Waals surface area contributed by atoms with Crippen LogP contribution in [0.25, 0.3) is 0 Å². The van der Waals surface area contributed by atoms with Gasteiger partial charge in [-0.05, 0) is 53.3 Å². The topological polar surface area (TPSA) is 20.2 Å². The third-order valence-corrected chi connectivity index (χ3v) is 3.85. The van der Waals surface area contributed by atoms with Gasteiger partial charge < -0.3 is 5.11 Å². The van der Waals surface area contributed by atoms with Crippen molar-refractivity contribution in [2.24, 2.45) is 0 Å². The smallest absolute Gasteiger partial charge is 0.113 e. The van der Waals surface area contributed by atoms with Crippen molar-refractivity contribution in [3.8, 4) is 0 Å². The molecule has 0 amide bonds. The molecule has 2 aromatic carbocycles. The van der Waals surface area contributed by atoms with Crippen LogP contribution < -0.4 is 0 Å². The van der Waals surface area contributed by atoms with E-state index in [1.54, 1.807) is 13.0 Å². The van der Waals surface area contributed by atoms with Crippen LogP contribution in [0.15, 0.2) is 48.5 Å². The molecule has 1 N–H and O–H groups in total. The summed E-state index contributed by atoms with van der Waals surface area (Å²) in [5.41, 5.74) is 0.497. The molecular weight excluding hydrogens is 347 g/mol. The molecule has 0 saturated carbocycles. The molecule has 1 unspecified atom stereocenters. The Labute approximate surface area is 120 Å². The van der Waals surface area contributed by atoms with Crippen molar-refractivity contribution < 1.29 is 5.11 Å². The summed E-state index contributed by atoms with van der Waals surface area (Å²) in [5, 5.41) is 11.2. The molecule has 0 aromatic heterocycles. The van der Waals surface area contributed by atoms with E-state index in [2.05, 4.69) is 22.6 Å². The lowest BCUT2D eigenvalue weighted by molar-refractivity contribution is 0.102. The molecule has 2 rings (SSSR count). The van der Waals surface area contributed by atoms with Crippen molar-refractivity contribution in [3.63, 3.8) is 0 Å². The Hall–Kier alpha value is -0.580. The van der Waals surface area contributed by atoms with Crippen molar-refractivity contribution in [2.75, 3.05) is 0 Å². The molecule has 3 heteroatoms. The Bertz CT molecular complexity index is 520. The average Bonchev–Trinajstić information content (AvgIpc) is 2.30. The van der Waals surface area contributed by atoms with Crippen molar-refractivity contribution >= 4 is 34.2 Å². The quantitative estimate of drug-likeness (QED) is 0.798. The van der Waals surface area contributed by atoms with Gasteiger partial charge in [0.25, 0.3) is 0 Å². The monoisotopic (exact) mass is 358 g/mol. The molecule has 0 saturated heterocycles. The highest BCUT2D eigenvalue weighted by atomic mass is 127. The summed E-state index contributed by atoms with van der Waals surface area (Å²) in [6, 6.07) is 15.2. The highest BCUT2D eigenvalue weighted by Crippen LogP contribution is 2.33. The molecule has 88 valence electrons. The Balaban J connectivity index is 2.49. The van der Waals surface area contributed by atoms with Crippen molar-refractivity contribution in [1.82, 2.24) is 0 Å². The van der Waals surface area contributed by atoms with Crippen molar-refractivity contribution in [1.29, 1.82) is 0 Å². The van der Waals surface area contributed by atoms with Crippen molar-refractivity contribution in [2.45, 2.75) is 12.5 Å². The molecule has 2 aromatic rings. The van der Waals surface area contributed by atoms with E-state index in [9.17, 15) is 5.11 Å². The zero-order valence-corrected chi connectivity index (χ0v) is 12.2. The van der Waals surface area contributed by atoms with Crippen LogP contribution in [0.3, 0.4) is 0 Å². The first-order valence-corrected chi connectivity index (χ1v) is 6.71. The molecule has 0 aliphatic rings. The Morgan fingerprint density at radius 3 is 2.24 bits per heavy atom. The maximum Gasteiger partial charge on any atom is 0.113 e. The molecule has 1 atom stereocenters. The van der Waals surface area contributed by atoms with E-state index in [1.807, 2.05) is 42.5 Å². The van der Waals surface area contributed by atoms with Gasteiger partial charge in [-0.1, -0.05) is 41.9 Å². The van der Waals surface area contributed by atoms with Crippen LogP contribution in [0.5, 0.6) is 0 Å². The van der Waals surface area contributed by atoms with Gasteiger partial charge >= 0.3 is 0 Å². The molecule has 0 aliphatic heterocycles. The molecule has 0 heterocycles. The first kappa shape index (κ1) is 12.9. The largest absolute Gasteiger partial charge is 0.381 e. The summed E-state index contributed by atoms with van der Waals surface area (Å²) in [5.74, 6) is 0. The van der Waals surface area contributed by atoms with Gasteiger partial charge in [0.1, 0.15) is 5.60 Å². The lowest BCUT2D eigenvalue weighted by Crippen LogP contribution is -2.23. The number of halogens is 2. The van der Waals surface area contributed by atoms with Gasteiger partial charge in [-0.2, -0.15) is 0 Å². The van der Waals surface area contributed by atoms with E-state index in [4.69, 9.17) is 11.6 Å². The normalized spacial score (nSPS) is 14.4. The number of rotatable bonds is 2. The first-order valence-electron chi connectivity index (χ1n) is 5.25. The lowest BCUT2D eigenvalue weighted by atomic mass is 9.88. The standard InChI is InChI=1S/C14H12ClIO/c1-14(17,10-6-8-11(16)9-7-10)12-4-2-3-5-13(12)15/h2-9,17H,1H3. The van der Waals surface area contributed by atoms with Crippen molar-refractivity contribution in [3.05, 3.63) is 68.3 Å². The van der Waals surface area contributed by atoms with Gasteiger partial charge in [0.15, 0.2) is 0 Å². The minimum absolute atomic E-state index is 0.580. The van der Waals surface area contributed by atoms with E-state index < -0.39 is 5.60 Å². The highest BCUT2D eigenvalue weighted by molar-refractivity contribution is 14.1. The van der Waals surface area contributed by atoms with E-state index in [1.165, 1.54) is 0 Å². The van der Waals surface area contributed by atoms with E-state index in [0.717, 1.165) is 14.7 Å². The van der Waals surface area contributed by atoms with E-state index in [-0.39, 0.29) is 0 Å². The second kappa shape index (κ2) is 4.96. The minimum Gasteiger partial charge on any atom is -0.381 e. The fraction of sp³-hybridized carbons (Fsp3) is 0.143. The van der Waals surface area contributed by atoms with Gasteiger partial charge in [-0.3, -0.25) is 0 Å². The summed E-state index contributed by atoms with van der Waals surface area (Å²) in [6.45, 7) is 1.76. The van der Waals surface area contributed by atoms with Crippen LogP contribution in [0.1, 0.15) is 18.1 Å². The molecule has 0 bridgehead atoms. The summed E-state index contributed by atoms with van der Waals surface area (Å²) in [7, 11) is 0. The second-order valence-electron chi connectivity index (χ2n) is 4.06. The van der Waals surface area contributed by atoms with Crippen LogP contribution in [-0.2, 0) is 5.60 Å². The summed E-state index contributed by atoms with van der Waals surface area (Å²) in [4.78, 5) is 0. The summed E-state index contributed by atoms with van der Waals surface area (Å²) in [6.07, 6.45) is 0.